The van der Waals surface area contributed by atoms with Crippen molar-refractivity contribution in [3.8, 4) is 0 Å². The smallest absolute Gasteiger partial charge is 0.416 e. The van der Waals surface area contributed by atoms with E-state index in [1.165, 1.54) is 0 Å². The molecule has 1 aromatic rings. The van der Waals surface area contributed by atoms with Crippen LogP contribution in [0.2, 0.25) is 0 Å². The van der Waals surface area contributed by atoms with Gasteiger partial charge in [0.05, 0.1) is 5.56 Å². The topological polar surface area (TPSA) is 57.5 Å². The summed E-state index contributed by atoms with van der Waals surface area (Å²) >= 11 is 0. The zero-order chi connectivity index (χ0) is 12.6. The summed E-state index contributed by atoms with van der Waals surface area (Å²) in [4.78, 5) is 10.7. The highest BCUT2D eigenvalue weighted by atomic mass is 19.4. The molecule has 0 aliphatic rings. The highest BCUT2D eigenvalue weighted by molar-refractivity contribution is 5.78. The average Bonchev–Trinajstić information content (AvgIpc) is 2.16. The average molecular weight is 234 g/mol. The van der Waals surface area contributed by atoms with Crippen LogP contribution in [0.25, 0.3) is 0 Å². The Morgan fingerprint density at radius 3 is 2.19 bits per heavy atom. The largest absolute Gasteiger partial charge is 0.479 e. The highest BCUT2D eigenvalue weighted by Gasteiger charge is 2.36. The molecule has 1 atom stereocenters. The zero-order valence-electron chi connectivity index (χ0n) is 8.25. The first kappa shape index (κ1) is 12.5. The Balaban J connectivity index is 3.23. The lowest BCUT2D eigenvalue weighted by molar-refractivity contribution is -0.158. The minimum Gasteiger partial charge on any atom is -0.479 e. The second-order valence-corrected chi connectivity index (χ2v) is 3.46. The van der Waals surface area contributed by atoms with E-state index >= 15 is 0 Å². The maximum Gasteiger partial charge on any atom is 0.416 e. The van der Waals surface area contributed by atoms with Crippen molar-refractivity contribution in [2.24, 2.45) is 0 Å². The third-order valence-corrected chi connectivity index (χ3v) is 2.17. The number of alkyl halides is 3. The molecule has 1 aromatic carbocycles. The first-order valence-electron chi connectivity index (χ1n) is 4.29. The van der Waals surface area contributed by atoms with E-state index in [0.29, 0.717) is 6.07 Å². The van der Waals surface area contributed by atoms with Crippen LogP contribution in [0.3, 0.4) is 0 Å². The number of carboxylic acid groups (broad SMARTS) is 1. The number of aliphatic hydroxyl groups is 1. The molecular weight excluding hydrogens is 225 g/mol. The van der Waals surface area contributed by atoms with Gasteiger partial charge in [0.15, 0.2) is 5.60 Å². The summed E-state index contributed by atoms with van der Waals surface area (Å²) in [7, 11) is 0. The maximum absolute atomic E-state index is 12.3. The minimum absolute atomic E-state index is 0.310. The predicted molar refractivity (Wildman–Crippen MR) is 48.7 cm³/mol. The van der Waals surface area contributed by atoms with Crippen LogP contribution in [0.4, 0.5) is 13.2 Å². The second kappa shape index (κ2) is 3.79. The SMILES string of the molecule is CC(O)(C(=O)O)c1cccc(C(F)(F)F)c1. The van der Waals surface area contributed by atoms with E-state index in [9.17, 15) is 23.1 Å². The lowest BCUT2D eigenvalue weighted by Gasteiger charge is -2.19. The molecule has 16 heavy (non-hydrogen) atoms. The summed E-state index contributed by atoms with van der Waals surface area (Å²) < 4.78 is 37.0. The molecule has 88 valence electrons. The Morgan fingerprint density at radius 2 is 1.75 bits per heavy atom. The fourth-order valence-corrected chi connectivity index (χ4v) is 1.12. The number of hydrogen-bond donors (Lipinski definition) is 2. The van der Waals surface area contributed by atoms with E-state index in [0.717, 1.165) is 25.1 Å². The molecule has 0 aromatic heterocycles. The second-order valence-electron chi connectivity index (χ2n) is 3.46. The van der Waals surface area contributed by atoms with E-state index in [1.807, 2.05) is 0 Å². The monoisotopic (exact) mass is 234 g/mol. The van der Waals surface area contributed by atoms with Crippen molar-refractivity contribution in [1.82, 2.24) is 0 Å². The molecule has 3 nitrogen and oxygen atoms in total. The molecule has 0 saturated heterocycles. The van der Waals surface area contributed by atoms with Gasteiger partial charge in [-0.25, -0.2) is 4.79 Å². The van der Waals surface area contributed by atoms with E-state index in [1.54, 1.807) is 0 Å². The van der Waals surface area contributed by atoms with Crippen LogP contribution in [0.1, 0.15) is 18.1 Å². The standard InChI is InChI=1S/C10H9F3O3/c1-9(16,8(14)15)6-3-2-4-7(5-6)10(11,12)13/h2-5,16H,1H3,(H,14,15). The number of carboxylic acids is 1. The summed E-state index contributed by atoms with van der Waals surface area (Å²) in [6.07, 6.45) is -4.56. The number of hydrogen-bond acceptors (Lipinski definition) is 2. The summed E-state index contributed by atoms with van der Waals surface area (Å²) in [6, 6.07) is 3.61. The zero-order valence-corrected chi connectivity index (χ0v) is 8.25. The van der Waals surface area contributed by atoms with Crippen molar-refractivity contribution < 1.29 is 28.2 Å². The fraction of sp³-hybridized carbons (Fsp3) is 0.300. The third-order valence-electron chi connectivity index (χ3n) is 2.17. The van der Waals surface area contributed by atoms with Gasteiger partial charge in [0.1, 0.15) is 0 Å². The third kappa shape index (κ3) is 2.33. The Bertz CT molecular complexity index is 410. The Hall–Kier alpha value is -1.56. The van der Waals surface area contributed by atoms with Crippen LogP contribution >= 0.6 is 0 Å². The molecule has 0 bridgehead atoms. The Morgan fingerprint density at radius 1 is 1.25 bits per heavy atom. The van der Waals surface area contributed by atoms with Crippen LogP contribution in [-0.2, 0) is 16.6 Å². The summed E-state index contributed by atoms with van der Waals surface area (Å²) in [6.45, 7) is 0.921. The molecule has 0 fully saturated rings. The van der Waals surface area contributed by atoms with Crippen molar-refractivity contribution in [3.05, 3.63) is 35.4 Å². The maximum atomic E-state index is 12.3. The van der Waals surface area contributed by atoms with Crippen LogP contribution in [0, 0.1) is 0 Å². The highest BCUT2D eigenvalue weighted by Crippen LogP contribution is 2.32. The molecule has 6 heteroatoms. The number of halogens is 3. The van der Waals surface area contributed by atoms with Crippen molar-refractivity contribution >= 4 is 5.97 Å². The summed E-state index contributed by atoms with van der Waals surface area (Å²) in [5.41, 5.74) is -3.64. The van der Waals surface area contributed by atoms with Gasteiger partial charge < -0.3 is 10.2 Å². The first-order valence-corrected chi connectivity index (χ1v) is 4.29. The molecule has 0 heterocycles. The first-order chi connectivity index (χ1) is 7.15. The van der Waals surface area contributed by atoms with Gasteiger partial charge in [0.25, 0.3) is 0 Å². The Labute approximate surface area is 89.1 Å². The molecule has 0 amide bonds. The van der Waals surface area contributed by atoms with Gasteiger partial charge in [-0.15, -0.1) is 0 Å². The lowest BCUT2D eigenvalue weighted by Crippen LogP contribution is -2.32. The fourth-order valence-electron chi connectivity index (χ4n) is 1.12. The van der Waals surface area contributed by atoms with Crippen LogP contribution in [0.15, 0.2) is 24.3 Å². The van der Waals surface area contributed by atoms with Gasteiger partial charge >= 0.3 is 12.1 Å². The van der Waals surface area contributed by atoms with Crippen molar-refractivity contribution in [1.29, 1.82) is 0 Å². The molecule has 0 aliphatic heterocycles. The van der Waals surface area contributed by atoms with Crippen LogP contribution < -0.4 is 0 Å². The predicted octanol–water partition coefficient (Wildman–Crippen LogP) is 2.00. The minimum atomic E-state index is -4.56. The molecule has 0 aliphatic carbocycles. The Kier molecular flexibility index (Phi) is 2.96. The van der Waals surface area contributed by atoms with Crippen LogP contribution in [0.5, 0.6) is 0 Å². The molecule has 1 rings (SSSR count). The normalized spacial score (nSPS) is 15.6. The van der Waals surface area contributed by atoms with Crippen molar-refractivity contribution in [2.75, 3.05) is 0 Å². The van der Waals surface area contributed by atoms with Gasteiger partial charge in [-0.1, -0.05) is 12.1 Å². The van der Waals surface area contributed by atoms with Gasteiger partial charge in [0, 0.05) is 0 Å². The number of aliphatic carboxylic acids is 1. The number of rotatable bonds is 2. The van der Waals surface area contributed by atoms with E-state index < -0.39 is 23.3 Å². The van der Waals surface area contributed by atoms with Gasteiger partial charge in [0.2, 0.25) is 0 Å². The van der Waals surface area contributed by atoms with E-state index in [4.69, 9.17) is 5.11 Å². The van der Waals surface area contributed by atoms with E-state index in [-0.39, 0.29) is 5.56 Å². The molecule has 0 radical (unpaired) electrons. The van der Waals surface area contributed by atoms with Crippen molar-refractivity contribution in [3.63, 3.8) is 0 Å². The van der Waals surface area contributed by atoms with Gasteiger partial charge in [-0.3, -0.25) is 0 Å². The van der Waals surface area contributed by atoms with E-state index in [2.05, 4.69) is 0 Å². The lowest BCUT2D eigenvalue weighted by atomic mass is 9.94. The summed E-state index contributed by atoms with van der Waals surface area (Å²) in [5, 5.41) is 18.1. The molecule has 0 saturated carbocycles. The molecular formula is C10H9F3O3. The summed E-state index contributed by atoms with van der Waals surface area (Å²) in [5.74, 6) is -1.60. The molecule has 1 unspecified atom stereocenters. The number of benzene rings is 1. The quantitative estimate of drug-likeness (QED) is 0.822. The molecule has 2 N–H and O–H groups in total. The van der Waals surface area contributed by atoms with Gasteiger partial charge in [-0.05, 0) is 24.6 Å². The van der Waals surface area contributed by atoms with Crippen LogP contribution in [-0.4, -0.2) is 16.2 Å². The van der Waals surface area contributed by atoms with Gasteiger partial charge in [-0.2, -0.15) is 13.2 Å². The molecule has 0 spiro atoms. The number of carbonyl (C=O) groups is 1. The van der Waals surface area contributed by atoms with Crippen molar-refractivity contribution in [2.45, 2.75) is 18.7 Å².